The average molecular weight is 437 g/mol. The molecule has 0 aliphatic heterocycles. The summed E-state index contributed by atoms with van der Waals surface area (Å²) in [4.78, 5) is 27.1. The second-order valence-electron chi connectivity index (χ2n) is 6.81. The Bertz CT molecular complexity index is 1150. The van der Waals surface area contributed by atoms with Crippen molar-refractivity contribution in [2.75, 3.05) is 19.5 Å². The zero-order valence-electron chi connectivity index (χ0n) is 15.7. The molecule has 1 aliphatic carbocycles. The van der Waals surface area contributed by atoms with Crippen LogP contribution in [0.1, 0.15) is 35.1 Å². The van der Waals surface area contributed by atoms with Crippen LogP contribution in [-0.4, -0.2) is 25.1 Å². The Morgan fingerprint density at radius 2 is 2.07 bits per heavy atom. The van der Waals surface area contributed by atoms with Gasteiger partial charge in [-0.25, -0.2) is 0 Å². The van der Waals surface area contributed by atoms with Crippen molar-refractivity contribution in [1.29, 1.82) is 0 Å². The van der Waals surface area contributed by atoms with Crippen molar-refractivity contribution in [2.24, 2.45) is 5.92 Å². The van der Waals surface area contributed by atoms with Crippen LogP contribution in [-0.2, 0) is 4.74 Å². The van der Waals surface area contributed by atoms with Crippen molar-refractivity contribution in [3.8, 4) is 5.75 Å². The summed E-state index contributed by atoms with van der Waals surface area (Å²) in [6.07, 6.45) is 3.22. The van der Waals surface area contributed by atoms with Gasteiger partial charge in [0.15, 0.2) is 11.3 Å². The van der Waals surface area contributed by atoms with Gasteiger partial charge >= 0.3 is 0 Å². The first kappa shape index (κ1) is 19.8. The summed E-state index contributed by atoms with van der Waals surface area (Å²) in [5.74, 6) is 1.05. The highest BCUT2D eigenvalue weighted by Gasteiger charge is 2.35. The predicted octanol–water partition coefficient (Wildman–Crippen LogP) is 4.79. The average Bonchev–Trinajstić information content (AvgIpc) is 3.45. The van der Waals surface area contributed by atoms with E-state index in [1.165, 1.54) is 13.3 Å². The monoisotopic (exact) mass is 436 g/mol. The van der Waals surface area contributed by atoms with E-state index >= 15 is 0 Å². The Morgan fingerprint density at radius 1 is 1.31 bits per heavy atom. The van der Waals surface area contributed by atoms with Gasteiger partial charge in [-0.2, -0.15) is 0 Å². The number of benzene rings is 1. The molecular weight excluding hydrogens is 419 g/mol. The van der Waals surface area contributed by atoms with E-state index in [0.29, 0.717) is 34.0 Å². The van der Waals surface area contributed by atoms with Gasteiger partial charge in [-0.05, 0) is 37.0 Å². The number of H-pyrrole nitrogens is 1. The van der Waals surface area contributed by atoms with Gasteiger partial charge in [-0.15, -0.1) is 0 Å². The highest BCUT2D eigenvalue weighted by atomic mass is 35.5. The smallest absolute Gasteiger partial charge is 0.268 e. The molecule has 7 nitrogen and oxygen atoms in total. The number of halogens is 2. The molecule has 1 saturated carbocycles. The lowest BCUT2D eigenvalue weighted by Gasteiger charge is -2.10. The van der Waals surface area contributed by atoms with E-state index < -0.39 is 11.5 Å². The minimum atomic E-state index is -0.552. The Labute approximate surface area is 175 Å². The van der Waals surface area contributed by atoms with Crippen LogP contribution in [0.15, 0.2) is 33.6 Å². The fourth-order valence-corrected chi connectivity index (χ4v) is 3.78. The lowest BCUT2D eigenvalue weighted by atomic mass is 10.1. The normalized spacial score (nSPS) is 14.8. The third-order valence-electron chi connectivity index (χ3n) is 4.94. The summed E-state index contributed by atoms with van der Waals surface area (Å²) in [5, 5.41) is 3.10. The van der Waals surface area contributed by atoms with E-state index in [9.17, 15) is 9.59 Å². The molecule has 2 N–H and O–H groups in total. The number of nitrogens with one attached hydrogen (secondary N) is 2. The van der Waals surface area contributed by atoms with Gasteiger partial charge in [0.2, 0.25) is 0 Å². The zero-order valence-corrected chi connectivity index (χ0v) is 17.2. The third kappa shape index (κ3) is 3.61. The lowest BCUT2D eigenvalue weighted by Crippen LogP contribution is -2.16. The second-order valence-corrected chi connectivity index (χ2v) is 7.59. The topological polar surface area (TPSA) is 93.6 Å². The number of furan rings is 1. The van der Waals surface area contributed by atoms with Gasteiger partial charge in [0.1, 0.15) is 16.9 Å². The number of carbonyl (C=O) groups excluding carboxylic acids is 1. The van der Waals surface area contributed by atoms with Crippen LogP contribution in [0.3, 0.4) is 0 Å². The molecule has 2 heterocycles. The largest absolute Gasteiger partial charge is 0.493 e. The molecule has 1 amide bonds. The summed E-state index contributed by atoms with van der Waals surface area (Å²) >= 11 is 12.1. The van der Waals surface area contributed by atoms with E-state index in [1.54, 1.807) is 25.3 Å². The van der Waals surface area contributed by atoms with Gasteiger partial charge in [0.05, 0.1) is 23.4 Å². The van der Waals surface area contributed by atoms with Crippen molar-refractivity contribution in [1.82, 2.24) is 4.98 Å². The molecular formula is C20H18Cl2N2O5. The van der Waals surface area contributed by atoms with E-state index in [0.717, 1.165) is 12.8 Å². The van der Waals surface area contributed by atoms with Crippen LogP contribution in [0.2, 0.25) is 10.0 Å². The molecule has 29 heavy (non-hydrogen) atoms. The number of rotatable bonds is 6. The molecule has 1 unspecified atom stereocenters. The van der Waals surface area contributed by atoms with E-state index in [2.05, 4.69) is 10.3 Å². The maximum Gasteiger partial charge on any atom is 0.268 e. The number of ether oxygens (including phenoxy) is 2. The van der Waals surface area contributed by atoms with Crippen LogP contribution < -0.4 is 15.6 Å². The molecule has 2 aromatic heterocycles. The Kier molecular flexibility index (Phi) is 5.29. The fourth-order valence-electron chi connectivity index (χ4n) is 3.33. The lowest BCUT2D eigenvalue weighted by molar-refractivity contribution is 0.0672. The minimum absolute atomic E-state index is 0.0440. The van der Waals surface area contributed by atoms with Crippen LogP contribution in [0.25, 0.3) is 11.0 Å². The molecule has 0 bridgehead atoms. The number of anilines is 1. The van der Waals surface area contributed by atoms with Gasteiger partial charge in [-0.1, -0.05) is 23.2 Å². The molecule has 1 fully saturated rings. The van der Waals surface area contributed by atoms with Gasteiger partial charge in [-0.3, -0.25) is 9.59 Å². The SMILES string of the molecule is COc1ccc(C(=O)Nc2c(Cl)c[nH]c(=O)c2Cl)c2cc(C(OC)C3CC3)oc12. The standard InChI is InChI=1S/C20H18Cl2N2O5/c1-27-13-6-5-10(19(25)24-16-12(21)8-23-20(26)15(16)22)11-7-14(29-18(11)13)17(28-2)9-3-4-9/h5-9,17H,3-4H2,1-2H3,(H2,23,24,25,26). The van der Waals surface area contributed by atoms with Crippen LogP contribution >= 0.6 is 23.2 Å². The minimum Gasteiger partial charge on any atom is -0.493 e. The number of pyridine rings is 1. The molecule has 0 spiro atoms. The molecule has 1 aromatic carbocycles. The number of methoxy groups -OCH3 is 2. The van der Waals surface area contributed by atoms with Crippen molar-refractivity contribution in [3.63, 3.8) is 0 Å². The zero-order chi connectivity index (χ0) is 20.7. The number of amides is 1. The first-order valence-electron chi connectivity index (χ1n) is 8.95. The predicted molar refractivity (Wildman–Crippen MR) is 110 cm³/mol. The Balaban J connectivity index is 1.77. The van der Waals surface area contributed by atoms with Crippen LogP contribution in [0.4, 0.5) is 5.69 Å². The highest BCUT2D eigenvalue weighted by molar-refractivity contribution is 6.39. The number of aromatic nitrogens is 1. The van der Waals surface area contributed by atoms with Gasteiger partial charge in [0.25, 0.3) is 11.5 Å². The van der Waals surface area contributed by atoms with E-state index in [1.807, 2.05) is 0 Å². The summed E-state index contributed by atoms with van der Waals surface area (Å²) < 4.78 is 17.0. The number of aromatic amines is 1. The fraction of sp³-hybridized carbons (Fsp3) is 0.300. The summed E-state index contributed by atoms with van der Waals surface area (Å²) in [6, 6.07) is 5.05. The second kappa shape index (κ2) is 7.74. The van der Waals surface area contributed by atoms with E-state index in [-0.39, 0.29) is 21.8 Å². The number of fused-ring (bicyclic) bond motifs is 1. The highest BCUT2D eigenvalue weighted by Crippen LogP contribution is 2.45. The third-order valence-corrected chi connectivity index (χ3v) is 5.60. The number of hydrogen-bond acceptors (Lipinski definition) is 5. The first-order valence-corrected chi connectivity index (χ1v) is 9.71. The molecule has 3 aromatic rings. The van der Waals surface area contributed by atoms with Crippen molar-refractivity contribution >= 4 is 45.8 Å². The summed E-state index contributed by atoms with van der Waals surface area (Å²) in [6.45, 7) is 0. The summed E-state index contributed by atoms with van der Waals surface area (Å²) in [5.41, 5.74) is 0.265. The molecule has 1 aliphatic rings. The molecule has 4 rings (SSSR count). The summed E-state index contributed by atoms with van der Waals surface area (Å²) in [7, 11) is 3.17. The maximum absolute atomic E-state index is 13.0. The van der Waals surface area contributed by atoms with Gasteiger partial charge in [0, 0.05) is 18.7 Å². The Morgan fingerprint density at radius 3 is 2.72 bits per heavy atom. The van der Waals surface area contributed by atoms with Crippen LogP contribution in [0, 0.1) is 5.92 Å². The van der Waals surface area contributed by atoms with Crippen molar-refractivity contribution < 1.29 is 18.7 Å². The first-order chi connectivity index (χ1) is 13.9. The van der Waals surface area contributed by atoms with Crippen LogP contribution in [0.5, 0.6) is 5.75 Å². The molecule has 0 saturated heterocycles. The number of hydrogen-bond donors (Lipinski definition) is 2. The number of carbonyl (C=O) groups is 1. The van der Waals surface area contributed by atoms with Gasteiger partial charge < -0.3 is 24.2 Å². The molecule has 9 heteroatoms. The molecule has 152 valence electrons. The van der Waals surface area contributed by atoms with Crippen molar-refractivity contribution in [2.45, 2.75) is 18.9 Å². The molecule has 1 atom stereocenters. The molecule has 0 radical (unpaired) electrons. The quantitative estimate of drug-likeness (QED) is 0.579. The Hall–Kier alpha value is -2.48. The van der Waals surface area contributed by atoms with E-state index in [4.69, 9.17) is 37.1 Å². The maximum atomic E-state index is 13.0. The van der Waals surface area contributed by atoms with Crippen molar-refractivity contribution in [3.05, 3.63) is 56.1 Å².